The van der Waals surface area contributed by atoms with Crippen molar-refractivity contribution in [2.45, 2.75) is 64.6 Å². The van der Waals surface area contributed by atoms with Gasteiger partial charge in [0.05, 0.1) is 18.3 Å². The number of aryl methyl sites for hydroxylation is 1. The highest BCUT2D eigenvalue weighted by Gasteiger charge is 2.45. The molecule has 1 aromatic rings. The van der Waals surface area contributed by atoms with E-state index in [1.807, 2.05) is 24.9 Å². The third-order valence-electron chi connectivity index (χ3n) is 6.10. The third kappa shape index (κ3) is 3.90. The molecule has 1 aliphatic heterocycles. The van der Waals surface area contributed by atoms with Crippen LogP contribution in [0.15, 0.2) is 12.4 Å². The molecule has 144 valence electrons. The van der Waals surface area contributed by atoms with Crippen LogP contribution in [0.2, 0.25) is 0 Å². The minimum Gasteiger partial charge on any atom is -0.376 e. The zero-order valence-electron chi connectivity index (χ0n) is 16.2. The fourth-order valence-corrected chi connectivity index (χ4v) is 4.51. The summed E-state index contributed by atoms with van der Waals surface area (Å²) in [6.07, 6.45) is 8.99. The molecule has 3 aliphatic rings. The van der Waals surface area contributed by atoms with Crippen molar-refractivity contribution in [1.29, 1.82) is 0 Å². The fourth-order valence-electron chi connectivity index (χ4n) is 4.51. The number of likely N-dealkylation sites (tertiary alicyclic amines) is 1. The molecular formula is C20H32N4O2. The Kier molecular flexibility index (Phi) is 4.95. The number of nitrogens with zero attached hydrogens (tertiary/aromatic N) is 3. The maximum Gasteiger partial charge on any atom is 0.317 e. The van der Waals surface area contributed by atoms with Gasteiger partial charge in [0.15, 0.2) is 0 Å². The molecule has 0 aromatic carbocycles. The maximum atomic E-state index is 12.4. The van der Waals surface area contributed by atoms with E-state index in [2.05, 4.69) is 28.2 Å². The van der Waals surface area contributed by atoms with Crippen LogP contribution in [0.25, 0.3) is 0 Å². The van der Waals surface area contributed by atoms with Gasteiger partial charge in [-0.25, -0.2) is 4.79 Å². The van der Waals surface area contributed by atoms with Gasteiger partial charge in [-0.05, 0) is 69.8 Å². The second kappa shape index (κ2) is 7.22. The van der Waals surface area contributed by atoms with Gasteiger partial charge in [-0.1, -0.05) is 0 Å². The van der Waals surface area contributed by atoms with Crippen molar-refractivity contribution >= 4 is 6.03 Å². The SMILES string of the molecule is Cc1cnn([C@H]2C[C@H]3CN(C(=O)NC(C)C)C[C@H]3C[C@@H]2OCC2CC2)c1. The molecule has 0 radical (unpaired) electrons. The summed E-state index contributed by atoms with van der Waals surface area (Å²) in [5, 5.41) is 7.62. The van der Waals surface area contributed by atoms with Gasteiger partial charge in [0, 0.05) is 31.9 Å². The van der Waals surface area contributed by atoms with Crippen LogP contribution >= 0.6 is 0 Å². The van der Waals surface area contributed by atoms with Gasteiger partial charge in [0.1, 0.15) is 0 Å². The van der Waals surface area contributed by atoms with Crippen molar-refractivity contribution in [2.24, 2.45) is 17.8 Å². The average Bonchev–Trinajstić information content (AvgIpc) is 3.16. The van der Waals surface area contributed by atoms with Gasteiger partial charge < -0.3 is 15.0 Å². The van der Waals surface area contributed by atoms with Gasteiger partial charge in [0.25, 0.3) is 0 Å². The highest BCUT2D eigenvalue weighted by molar-refractivity contribution is 5.74. The molecule has 2 amide bonds. The Hall–Kier alpha value is -1.56. The normalized spacial score (nSPS) is 31.3. The Morgan fingerprint density at radius 3 is 2.65 bits per heavy atom. The zero-order chi connectivity index (χ0) is 18.3. The number of carbonyl (C=O) groups excluding carboxylic acids is 1. The Morgan fingerprint density at radius 2 is 2.04 bits per heavy atom. The predicted octanol–water partition coefficient (Wildman–Crippen LogP) is 2.99. The van der Waals surface area contributed by atoms with Crippen LogP contribution in [-0.4, -0.2) is 52.6 Å². The lowest BCUT2D eigenvalue weighted by Crippen LogP contribution is -2.41. The number of nitrogens with one attached hydrogen (secondary N) is 1. The first-order chi connectivity index (χ1) is 12.5. The summed E-state index contributed by atoms with van der Waals surface area (Å²) in [5.41, 5.74) is 1.19. The van der Waals surface area contributed by atoms with E-state index < -0.39 is 0 Å². The van der Waals surface area contributed by atoms with E-state index in [4.69, 9.17) is 4.74 Å². The molecule has 0 bridgehead atoms. The number of hydrogen-bond donors (Lipinski definition) is 1. The molecule has 1 aromatic heterocycles. The minimum atomic E-state index is 0.0799. The monoisotopic (exact) mass is 360 g/mol. The Labute approximate surface area is 156 Å². The second-order valence-corrected chi connectivity index (χ2v) is 8.88. The van der Waals surface area contributed by atoms with Crippen molar-refractivity contribution < 1.29 is 9.53 Å². The lowest BCUT2D eigenvalue weighted by atomic mass is 9.77. The number of rotatable bonds is 5. The lowest BCUT2D eigenvalue weighted by Gasteiger charge is -2.37. The number of fused-ring (bicyclic) bond motifs is 1. The lowest BCUT2D eigenvalue weighted by molar-refractivity contribution is -0.0371. The number of amides is 2. The first-order valence-electron chi connectivity index (χ1n) is 10.2. The van der Waals surface area contributed by atoms with E-state index in [0.29, 0.717) is 11.8 Å². The van der Waals surface area contributed by atoms with Crippen LogP contribution < -0.4 is 5.32 Å². The maximum absolute atomic E-state index is 12.4. The number of hydrogen-bond acceptors (Lipinski definition) is 3. The van der Waals surface area contributed by atoms with E-state index in [-0.39, 0.29) is 24.2 Å². The van der Waals surface area contributed by atoms with Gasteiger partial charge in [0.2, 0.25) is 0 Å². The van der Waals surface area contributed by atoms with E-state index in [0.717, 1.165) is 38.5 Å². The predicted molar refractivity (Wildman–Crippen MR) is 99.9 cm³/mol. The molecule has 2 heterocycles. The molecule has 4 atom stereocenters. The smallest absolute Gasteiger partial charge is 0.317 e. The van der Waals surface area contributed by atoms with Crippen LogP contribution in [0, 0.1) is 24.7 Å². The summed E-state index contributed by atoms with van der Waals surface area (Å²) in [5.74, 6) is 1.86. The molecule has 4 rings (SSSR count). The molecule has 6 nitrogen and oxygen atoms in total. The average molecular weight is 361 g/mol. The van der Waals surface area contributed by atoms with Crippen LogP contribution in [-0.2, 0) is 4.74 Å². The fraction of sp³-hybridized carbons (Fsp3) is 0.800. The quantitative estimate of drug-likeness (QED) is 0.878. The largest absolute Gasteiger partial charge is 0.376 e. The number of aromatic nitrogens is 2. The first-order valence-corrected chi connectivity index (χ1v) is 10.2. The molecule has 3 fully saturated rings. The van der Waals surface area contributed by atoms with E-state index >= 15 is 0 Å². The minimum absolute atomic E-state index is 0.0799. The number of ether oxygens (including phenoxy) is 1. The van der Waals surface area contributed by atoms with Crippen LogP contribution in [0.1, 0.15) is 51.1 Å². The van der Waals surface area contributed by atoms with Gasteiger partial charge in [-0.3, -0.25) is 4.68 Å². The van der Waals surface area contributed by atoms with E-state index in [9.17, 15) is 4.79 Å². The molecule has 1 saturated heterocycles. The summed E-state index contributed by atoms with van der Waals surface area (Å²) in [6, 6.07) is 0.549. The van der Waals surface area contributed by atoms with Crippen LogP contribution in [0.5, 0.6) is 0 Å². The van der Waals surface area contributed by atoms with E-state index in [1.165, 1.54) is 18.4 Å². The van der Waals surface area contributed by atoms with Crippen molar-refractivity contribution in [3.05, 3.63) is 18.0 Å². The first kappa shape index (κ1) is 17.8. The molecule has 2 saturated carbocycles. The van der Waals surface area contributed by atoms with Gasteiger partial charge >= 0.3 is 6.03 Å². The summed E-state index contributed by atoms with van der Waals surface area (Å²) in [4.78, 5) is 14.4. The van der Waals surface area contributed by atoms with Crippen LogP contribution in [0.3, 0.4) is 0 Å². The zero-order valence-corrected chi connectivity index (χ0v) is 16.2. The molecule has 0 unspecified atom stereocenters. The molecule has 6 heteroatoms. The molecule has 0 spiro atoms. The second-order valence-electron chi connectivity index (χ2n) is 8.88. The van der Waals surface area contributed by atoms with Crippen molar-refractivity contribution in [2.75, 3.05) is 19.7 Å². The Morgan fingerprint density at radius 1 is 1.31 bits per heavy atom. The van der Waals surface area contributed by atoms with Crippen molar-refractivity contribution in [3.63, 3.8) is 0 Å². The molecular weight excluding hydrogens is 328 g/mol. The van der Waals surface area contributed by atoms with Crippen LogP contribution in [0.4, 0.5) is 4.79 Å². The molecule has 2 aliphatic carbocycles. The standard InChI is InChI=1S/C20H32N4O2/c1-13(2)22-20(25)23-10-16-6-18(24-9-14(3)8-21-24)19(7-17(16)11-23)26-12-15-4-5-15/h8-9,13,15-19H,4-7,10-12H2,1-3H3,(H,22,25)/t16-,17+,18-,19-/m0/s1. The van der Waals surface area contributed by atoms with Gasteiger partial charge in [-0.15, -0.1) is 0 Å². The van der Waals surface area contributed by atoms with E-state index in [1.54, 1.807) is 0 Å². The highest BCUT2D eigenvalue weighted by atomic mass is 16.5. The highest BCUT2D eigenvalue weighted by Crippen LogP contribution is 2.43. The summed E-state index contributed by atoms with van der Waals surface area (Å²) >= 11 is 0. The summed E-state index contributed by atoms with van der Waals surface area (Å²) in [7, 11) is 0. The third-order valence-corrected chi connectivity index (χ3v) is 6.10. The molecule has 1 N–H and O–H groups in total. The number of carbonyl (C=O) groups is 1. The van der Waals surface area contributed by atoms with Crippen molar-refractivity contribution in [1.82, 2.24) is 20.0 Å². The molecule has 26 heavy (non-hydrogen) atoms. The van der Waals surface area contributed by atoms with Gasteiger partial charge in [-0.2, -0.15) is 5.10 Å². The van der Waals surface area contributed by atoms with Crippen molar-refractivity contribution in [3.8, 4) is 0 Å². The Balaban J connectivity index is 1.45. The topological polar surface area (TPSA) is 59.4 Å². The number of urea groups is 1. The summed E-state index contributed by atoms with van der Waals surface area (Å²) in [6.45, 7) is 8.71. The Bertz CT molecular complexity index is 640. The summed E-state index contributed by atoms with van der Waals surface area (Å²) < 4.78 is 8.48.